The number of nitrogens with zero attached hydrogens (tertiary/aromatic N) is 2. The number of hydrogen-bond acceptors (Lipinski definition) is 5. The van der Waals surface area contributed by atoms with E-state index in [1.807, 2.05) is 37.3 Å². The molecule has 0 aromatic heterocycles. The maximum absolute atomic E-state index is 14.1. The first kappa shape index (κ1) is 30.6. The Labute approximate surface area is 235 Å². The Morgan fingerprint density at radius 3 is 2.27 bits per heavy atom. The van der Waals surface area contributed by atoms with Gasteiger partial charge in [0.15, 0.2) is 0 Å². The smallest absolute Gasteiger partial charge is 0.244 e. The van der Waals surface area contributed by atoms with Gasteiger partial charge in [-0.3, -0.25) is 13.9 Å². The van der Waals surface area contributed by atoms with E-state index < -0.39 is 34.3 Å². The number of halogens is 1. The molecule has 0 aliphatic rings. The molecule has 8 nitrogen and oxygen atoms in total. The third-order valence-corrected chi connectivity index (χ3v) is 7.50. The number of methoxy groups -OCH3 is 1. The molecule has 0 spiro atoms. The van der Waals surface area contributed by atoms with Crippen LogP contribution in [0.4, 0.5) is 10.1 Å². The highest BCUT2D eigenvalue weighted by Crippen LogP contribution is 2.31. The van der Waals surface area contributed by atoms with Gasteiger partial charge in [-0.2, -0.15) is 0 Å². The normalized spacial score (nSPS) is 11.9. The van der Waals surface area contributed by atoms with Crippen molar-refractivity contribution in [1.82, 2.24) is 10.2 Å². The largest absolute Gasteiger partial charge is 0.495 e. The third kappa shape index (κ3) is 8.29. The number of anilines is 1. The van der Waals surface area contributed by atoms with Gasteiger partial charge < -0.3 is 15.0 Å². The number of carbonyl (C=O) groups is 2. The second kappa shape index (κ2) is 13.9. The number of aryl methyl sites for hydroxylation is 1. The number of ether oxygens (including phenoxy) is 1. The van der Waals surface area contributed by atoms with E-state index in [0.717, 1.165) is 21.7 Å². The molecule has 3 aromatic carbocycles. The summed E-state index contributed by atoms with van der Waals surface area (Å²) in [6, 6.07) is 19.0. The molecule has 0 heterocycles. The predicted molar refractivity (Wildman–Crippen MR) is 154 cm³/mol. The van der Waals surface area contributed by atoms with Crippen LogP contribution in [0.2, 0.25) is 0 Å². The van der Waals surface area contributed by atoms with Crippen LogP contribution in [0.1, 0.15) is 30.0 Å². The molecule has 0 fully saturated rings. The van der Waals surface area contributed by atoms with Crippen LogP contribution in [0.3, 0.4) is 0 Å². The van der Waals surface area contributed by atoms with E-state index in [1.165, 1.54) is 36.3 Å². The molecule has 3 aromatic rings. The minimum absolute atomic E-state index is 0.0291. The van der Waals surface area contributed by atoms with Crippen LogP contribution in [0.15, 0.2) is 72.8 Å². The first-order chi connectivity index (χ1) is 19.0. The molecule has 10 heteroatoms. The second-order valence-electron chi connectivity index (χ2n) is 9.59. The maximum Gasteiger partial charge on any atom is 0.244 e. The number of amides is 2. The molecule has 0 radical (unpaired) electrons. The molecule has 0 bridgehead atoms. The van der Waals surface area contributed by atoms with Crippen molar-refractivity contribution < 1.29 is 27.1 Å². The molecule has 1 unspecified atom stereocenters. The fourth-order valence-electron chi connectivity index (χ4n) is 4.30. The summed E-state index contributed by atoms with van der Waals surface area (Å²) in [7, 11) is -2.52. The molecule has 2 amide bonds. The molecular formula is C30H36FN3O5S. The van der Waals surface area contributed by atoms with Crippen LogP contribution < -0.4 is 14.4 Å². The lowest BCUT2D eigenvalue weighted by atomic mass is 10.0. The van der Waals surface area contributed by atoms with Gasteiger partial charge in [-0.25, -0.2) is 12.8 Å². The van der Waals surface area contributed by atoms with E-state index in [1.54, 1.807) is 25.1 Å². The summed E-state index contributed by atoms with van der Waals surface area (Å²) >= 11 is 0. The number of benzene rings is 3. The van der Waals surface area contributed by atoms with Gasteiger partial charge in [0, 0.05) is 19.5 Å². The van der Waals surface area contributed by atoms with Crippen LogP contribution in [-0.2, 0) is 32.6 Å². The molecule has 40 heavy (non-hydrogen) atoms. The van der Waals surface area contributed by atoms with E-state index in [9.17, 15) is 22.4 Å². The van der Waals surface area contributed by atoms with E-state index in [4.69, 9.17) is 4.74 Å². The molecule has 0 saturated heterocycles. The molecule has 214 valence electrons. The molecule has 1 N–H and O–H groups in total. The lowest BCUT2D eigenvalue weighted by Gasteiger charge is -2.33. The van der Waals surface area contributed by atoms with E-state index in [-0.39, 0.29) is 30.3 Å². The fraction of sp³-hybridized carbons (Fsp3) is 0.333. The number of hydrogen-bond donors (Lipinski definition) is 1. The Hall–Kier alpha value is -3.92. The van der Waals surface area contributed by atoms with E-state index in [0.29, 0.717) is 18.5 Å². The van der Waals surface area contributed by atoms with Gasteiger partial charge in [0.25, 0.3) is 0 Å². The zero-order chi connectivity index (χ0) is 29.3. The maximum atomic E-state index is 14.1. The first-order valence-electron chi connectivity index (χ1n) is 13.0. The summed E-state index contributed by atoms with van der Waals surface area (Å²) < 4.78 is 46.0. The SMILES string of the molecule is CCCNC(=O)C(Cc1ccccc1)N(Cc1ccc(F)cc1)C(=O)CN(c1cc(C)ccc1OC)S(C)(=O)=O. The Balaban J connectivity index is 2.08. The van der Waals surface area contributed by atoms with Crippen molar-refractivity contribution in [3.8, 4) is 5.75 Å². The Bertz CT molecular complexity index is 1400. The molecular weight excluding hydrogens is 533 g/mol. The van der Waals surface area contributed by atoms with Gasteiger partial charge in [0.05, 0.1) is 19.1 Å². The van der Waals surface area contributed by atoms with E-state index >= 15 is 0 Å². The van der Waals surface area contributed by atoms with E-state index in [2.05, 4.69) is 5.32 Å². The molecule has 0 aliphatic carbocycles. The topological polar surface area (TPSA) is 96.0 Å². The minimum Gasteiger partial charge on any atom is -0.495 e. The summed E-state index contributed by atoms with van der Waals surface area (Å²) in [4.78, 5) is 28.9. The van der Waals surface area contributed by atoms with Gasteiger partial charge >= 0.3 is 0 Å². The van der Waals surface area contributed by atoms with Crippen LogP contribution in [0.25, 0.3) is 0 Å². The van der Waals surface area contributed by atoms with Crippen molar-refractivity contribution >= 4 is 27.5 Å². The standard InChI is InChI=1S/C30H36FN3O5S/c1-5-17-32-30(36)27(19-23-9-7-6-8-10-23)33(20-24-12-14-25(31)15-13-24)29(35)21-34(40(4,37)38)26-18-22(2)11-16-28(26)39-3/h6-16,18,27H,5,17,19-21H2,1-4H3,(H,32,36). The summed E-state index contributed by atoms with van der Waals surface area (Å²) in [5.74, 6) is -1.10. The summed E-state index contributed by atoms with van der Waals surface area (Å²) in [6.07, 6.45) is 1.92. The summed E-state index contributed by atoms with van der Waals surface area (Å²) in [5.41, 5.74) is 2.42. The van der Waals surface area contributed by atoms with Gasteiger partial charge in [0.1, 0.15) is 24.2 Å². The van der Waals surface area contributed by atoms with Crippen molar-refractivity contribution in [2.75, 3.05) is 30.8 Å². The van der Waals surface area contributed by atoms with Crippen molar-refractivity contribution in [1.29, 1.82) is 0 Å². The fourth-order valence-corrected chi connectivity index (χ4v) is 5.14. The highest BCUT2D eigenvalue weighted by atomic mass is 32.2. The number of sulfonamides is 1. The van der Waals surface area contributed by atoms with Gasteiger partial charge in [-0.1, -0.05) is 55.5 Å². The average Bonchev–Trinajstić information content (AvgIpc) is 2.93. The van der Waals surface area contributed by atoms with Gasteiger partial charge in [0.2, 0.25) is 21.8 Å². The van der Waals surface area contributed by atoms with Crippen LogP contribution in [0.5, 0.6) is 5.75 Å². The zero-order valence-corrected chi connectivity index (χ0v) is 24.1. The second-order valence-corrected chi connectivity index (χ2v) is 11.5. The average molecular weight is 570 g/mol. The van der Waals surface area contributed by atoms with Gasteiger partial charge in [-0.05, 0) is 54.3 Å². The predicted octanol–water partition coefficient (Wildman–Crippen LogP) is 4.08. The van der Waals surface area contributed by atoms with Crippen LogP contribution in [-0.4, -0.2) is 57.6 Å². The molecule has 0 aliphatic heterocycles. The highest BCUT2D eigenvalue weighted by molar-refractivity contribution is 7.92. The summed E-state index contributed by atoms with van der Waals surface area (Å²) in [5, 5.41) is 2.88. The molecule has 0 saturated carbocycles. The number of rotatable bonds is 13. The lowest BCUT2D eigenvalue weighted by Crippen LogP contribution is -2.53. The highest BCUT2D eigenvalue weighted by Gasteiger charge is 2.33. The minimum atomic E-state index is -3.94. The van der Waals surface area contributed by atoms with Crippen molar-refractivity contribution in [3.05, 3.63) is 95.3 Å². The van der Waals surface area contributed by atoms with Crippen molar-refractivity contribution in [2.24, 2.45) is 0 Å². The van der Waals surface area contributed by atoms with Gasteiger partial charge in [-0.15, -0.1) is 0 Å². The first-order valence-corrected chi connectivity index (χ1v) is 14.9. The lowest BCUT2D eigenvalue weighted by molar-refractivity contribution is -0.140. The zero-order valence-electron chi connectivity index (χ0n) is 23.3. The Morgan fingerprint density at radius 2 is 1.68 bits per heavy atom. The Morgan fingerprint density at radius 1 is 1.00 bits per heavy atom. The third-order valence-electron chi connectivity index (χ3n) is 6.37. The quantitative estimate of drug-likeness (QED) is 0.335. The molecule has 1 atom stereocenters. The summed E-state index contributed by atoms with van der Waals surface area (Å²) in [6.45, 7) is 3.55. The van der Waals surface area contributed by atoms with Crippen LogP contribution >= 0.6 is 0 Å². The van der Waals surface area contributed by atoms with Crippen molar-refractivity contribution in [2.45, 2.75) is 39.3 Å². The van der Waals surface area contributed by atoms with Crippen molar-refractivity contribution in [3.63, 3.8) is 0 Å². The number of carbonyl (C=O) groups excluding carboxylic acids is 2. The monoisotopic (exact) mass is 569 g/mol. The Kier molecular flexibility index (Phi) is 10.7. The number of nitrogens with one attached hydrogen (secondary N) is 1. The molecule has 3 rings (SSSR count). The van der Waals surface area contributed by atoms with Crippen LogP contribution in [0, 0.1) is 12.7 Å².